The SMILES string of the molecule is Cc1nc2n(n1)C(=O)C(C(c1ccccc1)N1CC(C)CC(C)C1)S2. The first-order valence-electron chi connectivity index (χ1n) is 8.96. The van der Waals surface area contributed by atoms with Crippen LogP contribution in [0, 0.1) is 18.8 Å². The van der Waals surface area contributed by atoms with Crippen LogP contribution in [0.4, 0.5) is 0 Å². The molecule has 0 bridgehead atoms. The van der Waals surface area contributed by atoms with E-state index in [1.54, 1.807) is 11.8 Å². The van der Waals surface area contributed by atoms with Gasteiger partial charge < -0.3 is 0 Å². The van der Waals surface area contributed by atoms with Crippen molar-refractivity contribution in [2.45, 2.75) is 43.6 Å². The number of hydrogen-bond acceptors (Lipinski definition) is 5. The van der Waals surface area contributed by atoms with Crippen LogP contribution in [0.15, 0.2) is 35.5 Å². The van der Waals surface area contributed by atoms with E-state index in [2.05, 4.69) is 53.1 Å². The zero-order valence-corrected chi connectivity index (χ0v) is 15.7. The van der Waals surface area contributed by atoms with Crippen LogP contribution < -0.4 is 0 Å². The minimum Gasteiger partial charge on any atom is -0.294 e. The molecule has 4 unspecified atom stereocenters. The Bertz CT molecular complexity index is 765. The van der Waals surface area contributed by atoms with Gasteiger partial charge in [-0.2, -0.15) is 4.68 Å². The molecule has 2 aliphatic rings. The van der Waals surface area contributed by atoms with Crippen molar-refractivity contribution in [1.82, 2.24) is 19.7 Å². The number of carbonyl (C=O) groups excluding carboxylic acids is 1. The molecule has 1 aromatic heterocycles. The summed E-state index contributed by atoms with van der Waals surface area (Å²) >= 11 is 1.56. The third-order valence-electron chi connectivity index (χ3n) is 5.09. The number of nitrogens with zero attached hydrogens (tertiary/aromatic N) is 4. The number of likely N-dealkylation sites (tertiary alicyclic amines) is 1. The van der Waals surface area contributed by atoms with E-state index in [0.717, 1.165) is 18.2 Å². The van der Waals surface area contributed by atoms with E-state index < -0.39 is 0 Å². The molecule has 2 aliphatic heterocycles. The summed E-state index contributed by atoms with van der Waals surface area (Å²) in [5.41, 5.74) is 1.21. The zero-order valence-electron chi connectivity index (χ0n) is 14.9. The molecule has 3 heterocycles. The second kappa shape index (κ2) is 6.57. The number of rotatable bonds is 3. The van der Waals surface area contributed by atoms with Gasteiger partial charge in [-0.25, -0.2) is 4.98 Å². The summed E-state index contributed by atoms with van der Waals surface area (Å²) in [4.78, 5) is 20.0. The van der Waals surface area contributed by atoms with Gasteiger partial charge in [0.1, 0.15) is 11.1 Å². The van der Waals surface area contributed by atoms with E-state index in [-0.39, 0.29) is 17.2 Å². The molecule has 4 rings (SSSR count). The molecule has 1 fully saturated rings. The predicted octanol–water partition coefficient (Wildman–Crippen LogP) is 3.42. The van der Waals surface area contributed by atoms with Gasteiger partial charge in [-0.05, 0) is 30.7 Å². The second-order valence-corrected chi connectivity index (χ2v) is 8.59. The molecule has 1 aromatic carbocycles. The Labute approximate surface area is 152 Å². The molecule has 0 aliphatic carbocycles. The Morgan fingerprint density at radius 3 is 2.48 bits per heavy atom. The molecule has 5 nitrogen and oxygen atoms in total. The average molecular weight is 356 g/mol. The quantitative estimate of drug-likeness (QED) is 0.843. The summed E-state index contributed by atoms with van der Waals surface area (Å²) in [5.74, 6) is 2.01. The maximum Gasteiger partial charge on any atom is 0.264 e. The van der Waals surface area contributed by atoms with Crippen molar-refractivity contribution >= 4 is 17.7 Å². The van der Waals surface area contributed by atoms with Crippen LogP contribution in [0.5, 0.6) is 0 Å². The lowest BCUT2D eigenvalue weighted by atomic mass is 9.89. The molecule has 0 radical (unpaired) electrons. The lowest BCUT2D eigenvalue weighted by molar-refractivity contribution is 0.0712. The van der Waals surface area contributed by atoms with Gasteiger partial charge in [0, 0.05) is 13.1 Å². The van der Waals surface area contributed by atoms with Crippen LogP contribution in [0.3, 0.4) is 0 Å². The van der Waals surface area contributed by atoms with Gasteiger partial charge in [0.2, 0.25) is 0 Å². The highest BCUT2D eigenvalue weighted by Gasteiger charge is 2.44. The lowest BCUT2D eigenvalue weighted by Gasteiger charge is -2.41. The van der Waals surface area contributed by atoms with E-state index in [1.165, 1.54) is 16.7 Å². The van der Waals surface area contributed by atoms with Gasteiger partial charge in [-0.1, -0.05) is 55.9 Å². The summed E-state index contributed by atoms with van der Waals surface area (Å²) in [6.07, 6.45) is 1.26. The Balaban J connectivity index is 1.69. The normalized spacial score (nSPS) is 28.1. The zero-order chi connectivity index (χ0) is 17.6. The Morgan fingerprint density at radius 1 is 1.16 bits per heavy atom. The van der Waals surface area contributed by atoms with Gasteiger partial charge in [0.15, 0.2) is 5.16 Å². The first kappa shape index (κ1) is 16.8. The molecule has 132 valence electrons. The Hall–Kier alpha value is -1.66. The molecule has 0 saturated carbocycles. The van der Waals surface area contributed by atoms with Crippen LogP contribution >= 0.6 is 11.8 Å². The van der Waals surface area contributed by atoms with Crippen molar-refractivity contribution in [3.05, 3.63) is 41.7 Å². The molecular weight excluding hydrogens is 332 g/mol. The van der Waals surface area contributed by atoms with Gasteiger partial charge in [0.05, 0.1) is 6.04 Å². The van der Waals surface area contributed by atoms with Crippen LogP contribution in [0.2, 0.25) is 0 Å². The molecule has 25 heavy (non-hydrogen) atoms. The Kier molecular flexibility index (Phi) is 4.41. The predicted molar refractivity (Wildman–Crippen MR) is 98.7 cm³/mol. The highest BCUT2D eigenvalue weighted by Crippen LogP contribution is 2.42. The van der Waals surface area contributed by atoms with Gasteiger partial charge in [-0.3, -0.25) is 9.69 Å². The number of thioether (sulfide) groups is 1. The van der Waals surface area contributed by atoms with Gasteiger partial charge in [0.25, 0.3) is 5.91 Å². The molecule has 1 saturated heterocycles. The van der Waals surface area contributed by atoms with E-state index >= 15 is 0 Å². The number of piperidine rings is 1. The fourth-order valence-electron chi connectivity index (χ4n) is 4.27. The van der Waals surface area contributed by atoms with E-state index in [4.69, 9.17) is 0 Å². The summed E-state index contributed by atoms with van der Waals surface area (Å²) < 4.78 is 1.50. The lowest BCUT2D eigenvalue weighted by Crippen LogP contribution is -2.46. The van der Waals surface area contributed by atoms with Crippen LogP contribution in [0.1, 0.15) is 42.5 Å². The summed E-state index contributed by atoms with van der Waals surface area (Å²) in [6.45, 7) is 8.51. The largest absolute Gasteiger partial charge is 0.294 e. The van der Waals surface area contributed by atoms with Gasteiger partial charge >= 0.3 is 0 Å². The topological polar surface area (TPSA) is 51.0 Å². The maximum absolute atomic E-state index is 13.0. The minimum absolute atomic E-state index is 0.0559. The average Bonchev–Trinajstić information content (AvgIpc) is 3.06. The first-order chi connectivity index (χ1) is 12.0. The van der Waals surface area contributed by atoms with E-state index in [1.807, 2.05) is 13.0 Å². The van der Waals surface area contributed by atoms with Crippen LogP contribution in [-0.4, -0.2) is 43.9 Å². The fraction of sp³-hybridized carbons (Fsp3) is 0.526. The van der Waals surface area contributed by atoms with Crippen molar-refractivity contribution in [2.24, 2.45) is 11.8 Å². The summed E-state index contributed by atoms with van der Waals surface area (Å²) in [5, 5.41) is 4.83. The number of benzene rings is 1. The van der Waals surface area contributed by atoms with Gasteiger partial charge in [-0.15, -0.1) is 5.10 Å². The van der Waals surface area contributed by atoms with E-state index in [9.17, 15) is 4.79 Å². The highest BCUT2D eigenvalue weighted by atomic mass is 32.2. The summed E-state index contributed by atoms with van der Waals surface area (Å²) in [7, 11) is 0. The minimum atomic E-state index is -0.185. The highest BCUT2D eigenvalue weighted by molar-refractivity contribution is 8.00. The Morgan fingerprint density at radius 2 is 1.84 bits per heavy atom. The monoisotopic (exact) mass is 356 g/mol. The van der Waals surface area contributed by atoms with Crippen LogP contribution in [-0.2, 0) is 0 Å². The number of carbonyl (C=O) groups is 1. The van der Waals surface area contributed by atoms with Crippen LogP contribution in [0.25, 0.3) is 0 Å². The molecular formula is C19H24N4OS. The smallest absolute Gasteiger partial charge is 0.264 e. The molecule has 4 atom stereocenters. The number of hydrogen-bond donors (Lipinski definition) is 0. The molecule has 0 amide bonds. The van der Waals surface area contributed by atoms with E-state index in [0.29, 0.717) is 17.7 Å². The molecule has 2 aromatic rings. The van der Waals surface area contributed by atoms with Crippen molar-refractivity contribution in [2.75, 3.05) is 13.1 Å². The van der Waals surface area contributed by atoms with Crippen molar-refractivity contribution < 1.29 is 4.79 Å². The van der Waals surface area contributed by atoms with Crippen molar-refractivity contribution in [3.8, 4) is 0 Å². The standard InChI is InChI=1S/C19H24N4OS/c1-12-9-13(2)11-22(10-12)16(15-7-5-4-6-8-15)17-18(24)23-19(25-17)20-14(3)21-23/h4-8,12-13,16-17H,9-11H2,1-3H3. The fourth-order valence-corrected chi connectivity index (χ4v) is 5.57. The maximum atomic E-state index is 13.0. The second-order valence-electron chi connectivity index (χ2n) is 7.49. The third-order valence-corrected chi connectivity index (χ3v) is 6.27. The first-order valence-corrected chi connectivity index (χ1v) is 9.84. The summed E-state index contributed by atoms with van der Waals surface area (Å²) in [6, 6.07) is 10.5. The number of fused-ring (bicyclic) bond motifs is 1. The molecule has 6 heteroatoms. The molecule has 0 N–H and O–H groups in total. The third kappa shape index (κ3) is 3.13. The number of aryl methyl sites for hydroxylation is 1. The van der Waals surface area contributed by atoms with Crippen molar-refractivity contribution in [1.29, 1.82) is 0 Å². The molecule has 0 spiro atoms. The van der Waals surface area contributed by atoms with Crippen molar-refractivity contribution in [3.63, 3.8) is 0 Å². The number of aromatic nitrogens is 3.